The number of hydrazone groups is 1. The van der Waals surface area contributed by atoms with Crippen LogP contribution in [0.3, 0.4) is 0 Å². The number of nitrogens with one attached hydrogen (secondary N) is 1. The van der Waals surface area contributed by atoms with Crippen molar-refractivity contribution in [3.05, 3.63) is 81.3 Å². The standard InChI is InChI=1S/C17H11ClN4O4/c18-15-3-1-12(22(24)25)9-14(15)16-4-2-13(26-16)10-20-21-17(23)11-5-7-19-8-6-11/h1-10H,(H,21,23). The van der Waals surface area contributed by atoms with E-state index in [9.17, 15) is 14.9 Å². The minimum Gasteiger partial charge on any atom is -0.455 e. The highest BCUT2D eigenvalue weighted by Crippen LogP contribution is 2.32. The van der Waals surface area contributed by atoms with E-state index in [1.165, 1.54) is 36.8 Å². The van der Waals surface area contributed by atoms with E-state index in [0.717, 1.165) is 0 Å². The highest BCUT2D eigenvalue weighted by Gasteiger charge is 2.14. The minimum atomic E-state index is -0.514. The molecule has 0 bridgehead atoms. The molecule has 0 saturated heterocycles. The molecule has 2 heterocycles. The number of nitro benzene ring substituents is 1. The maximum Gasteiger partial charge on any atom is 0.271 e. The molecule has 1 aromatic carbocycles. The molecule has 130 valence electrons. The summed E-state index contributed by atoms with van der Waals surface area (Å²) in [4.78, 5) is 26.0. The Hall–Kier alpha value is -3.52. The average molecular weight is 371 g/mol. The third-order valence-corrected chi connectivity index (χ3v) is 3.68. The minimum absolute atomic E-state index is 0.0966. The van der Waals surface area contributed by atoms with Crippen LogP contribution in [0.15, 0.2) is 64.4 Å². The molecule has 26 heavy (non-hydrogen) atoms. The zero-order valence-electron chi connectivity index (χ0n) is 13.1. The van der Waals surface area contributed by atoms with Gasteiger partial charge in [-0.1, -0.05) is 11.6 Å². The quantitative estimate of drug-likeness (QED) is 0.418. The first kappa shape index (κ1) is 17.3. The number of hydrogen-bond acceptors (Lipinski definition) is 6. The highest BCUT2D eigenvalue weighted by atomic mass is 35.5. The summed E-state index contributed by atoms with van der Waals surface area (Å²) < 4.78 is 5.56. The van der Waals surface area contributed by atoms with Crippen LogP contribution in [0.1, 0.15) is 16.1 Å². The van der Waals surface area contributed by atoms with Crippen molar-refractivity contribution in [3.63, 3.8) is 0 Å². The summed E-state index contributed by atoms with van der Waals surface area (Å²) in [6.07, 6.45) is 4.31. The molecule has 1 amide bonds. The Morgan fingerprint density at radius 3 is 2.73 bits per heavy atom. The van der Waals surface area contributed by atoms with Gasteiger partial charge in [0.25, 0.3) is 11.6 Å². The number of benzene rings is 1. The Balaban J connectivity index is 1.73. The second-order valence-electron chi connectivity index (χ2n) is 5.06. The van der Waals surface area contributed by atoms with Gasteiger partial charge in [0.2, 0.25) is 0 Å². The maximum atomic E-state index is 11.8. The smallest absolute Gasteiger partial charge is 0.271 e. The fourth-order valence-corrected chi connectivity index (χ4v) is 2.32. The number of pyridine rings is 1. The first-order chi connectivity index (χ1) is 12.5. The second-order valence-corrected chi connectivity index (χ2v) is 5.47. The summed E-state index contributed by atoms with van der Waals surface area (Å²) in [6, 6.07) is 10.4. The molecule has 2 aromatic heterocycles. The van der Waals surface area contributed by atoms with Crippen molar-refractivity contribution < 1.29 is 14.1 Å². The second kappa shape index (κ2) is 7.58. The molecule has 0 spiro atoms. The van der Waals surface area contributed by atoms with E-state index in [0.29, 0.717) is 27.7 Å². The number of rotatable bonds is 5. The van der Waals surface area contributed by atoms with Gasteiger partial charge >= 0.3 is 0 Å². The van der Waals surface area contributed by atoms with Crippen molar-refractivity contribution in [1.29, 1.82) is 0 Å². The molecular formula is C17H11ClN4O4. The predicted molar refractivity (Wildman–Crippen MR) is 95.1 cm³/mol. The summed E-state index contributed by atoms with van der Waals surface area (Å²) in [5, 5.41) is 15.0. The lowest BCUT2D eigenvalue weighted by atomic mass is 10.1. The van der Waals surface area contributed by atoms with Crippen molar-refractivity contribution in [1.82, 2.24) is 10.4 Å². The molecule has 1 N–H and O–H groups in total. The molecule has 0 atom stereocenters. The first-order valence-electron chi connectivity index (χ1n) is 7.32. The number of hydrogen-bond donors (Lipinski definition) is 1. The summed E-state index contributed by atoms with van der Waals surface area (Å²) in [7, 11) is 0. The Morgan fingerprint density at radius 2 is 2.00 bits per heavy atom. The largest absolute Gasteiger partial charge is 0.455 e. The SMILES string of the molecule is O=C(NN=Cc1ccc(-c2cc([N+](=O)[O-])ccc2Cl)o1)c1ccncc1. The number of nitrogens with zero attached hydrogens (tertiary/aromatic N) is 3. The normalized spacial score (nSPS) is 10.8. The van der Waals surface area contributed by atoms with Gasteiger partial charge in [-0.3, -0.25) is 19.9 Å². The average Bonchev–Trinajstić information content (AvgIpc) is 3.11. The van der Waals surface area contributed by atoms with Crippen LogP contribution in [0, 0.1) is 10.1 Å². The van der Waals surface area contributed by atoms with Crippen molar-refractivity contribution in [2.75, 3.05) is 0 Å². The number of carbonyl (C=O) groups excluding carboxylic acids is 1. The molecule has 9 heteroatoms. The number of nitro groups is 1. The molecule has 0 saturated carbocycles. The Bertz CT molecular complexity index is 985. The Morgan fingerprint density at radius 1 is 1.23 bits per heavy atom. The van der Waals surface area contributed by atoms with Gasteiger partial charge in [0, 0.05) is 35.7 Å². The summed E-state index contributed by atoms with van der Waals surface area (Å²) >= 11 is 6.08. The van der Waals surface area contributed by atoms with E-state index in [-0.39, 0.29) is 5.69 Å². The summed E-state index contributed by atoms with van der Waals surface area (Å²) in [5.74, 6) is 0.301. The molecule has 0 unspecified atom stereocenters. The van der Waals surface area contributed by atoms with Crippen LogP contribution >= 0.6 is 11.6 Å². The topological polar surface area (TPSA) is 111 Å². The molecule has 0 aliphatic carbocycles. The number of furan rings is 1. The van der Waals surface area contributed by atoms with Gasteiger partial charge < -0.3 is 4.42 Å². The van der Waals surface area contributed by atoms with Crippen LogP contribution in [0.2, 0.25) is 5.02 Å². The van der Waals surface area contributed by atoms with Gasteiger partial charge in [-0.05, 0) is 30.3 Å². The number of amides is 1. The van der Waals surface area contributed by atoms with E-state index in [4.69, 9.17) is 16.0 Å². The molecule has 3 rings (SSSR count). The van der Waals surface area contributed by atoms with Gasteiger partial charge in [-0.15, -0.1) is 0 Å². The lowest BCUT2D eigenvalue weighted by molar-refractivity contribution is -0.384. The van der Waals surface area contributed by atoms with Crippen LogP contribution in [-0.2, 0) is 0 Å². The molecule has 0 radical (unpaired) electrons. The van der Waals surface area contributed by atoms with Gasteiger partial charge in [-0.25, -0.2) is 5.43 Å². The van der Waals surface area contributed by atoms with Crippen molar-refractivity contribution >= 4 is 29.4 Å². The van der Waals surface area contributed by atoms with Gasteiger partial charge in [0.15, 0.2) is 0 Å². The monoisotopic (exact) mass is 370 g/mol. The lowest BCUT2D eigenvalue weighted by Crippen LogP contribution is -2.17. The van der Waals surface area contributed by atoms with Crippen LogP contribution in [0.4, 0.5) is 5.69 Å². The molecule has 3 aromatic rings. The van der Waals surface area contributed by atoms with Crippen LogP contribution < -0.4 is 5.43 Å². The summed E-state index contributed by atoms with van der Waals surface area (Å²) in [6.45, 7) is 0. The van der Waals surface area contributed by atoms with Crippen molar-refractivity contribution in [3.8, 4) is 11.3 Å². The Kier molecular flexibility index (Phi) is 5.04. The van der Waals surface area contributed by atoms with Crippen LogP contribution in [-0.4, -0.2) is 22.0 Å². The number of halogens is 1. The van der Waals surface area contributed by atoms with E-state index in [1.54, 1.807) is 24.3 Å². The molecule has 0 aliphatic heterocycles. The zero-order valence-corrected chi connectivity index (χ0v) is 13.9. The maximum absolute atomic E-state index is 11.8. The van der Waals surface area contributed by atoms with Crippen molar-refractivity contribution in [2.24, 2.45) is 5.10 Å². The predicted octanol–water partition coefficient (Wildman–Crippen LogP) is 3.67. The van der Waals surface area contributed by atoms with E-state index >= 15 is 0 Å². The fourth-order valence-electron chi connectivity index (χ4n) is 2.10. The molecule has 8 nitrogen and oxygen atoms in total. The number of non-ortho nitro benzene ring substituents is 1. The van der Waals surface area contributed by atoms with Gasteiger partial charge in [0.05, 0.1) is 16.2 Å². The van der Waals surface area contributed by atoms with E-state index in [1.807, 2.05) is 0 Å². The zero-order chi connectivity index (χ0) is 18.5. The van der Waals surface area contributed by atoms with Gasteiger partial charge in [0.1, 0.15) is 11.5 Å². The highest BCUT2D eigenvalue weighted by molar-refractivity contribution is 6.33. The van der Waals surface area contributed by atoms with Crippen molar-refractivity contribution in [2.45, 2.75) is 0 Å². The molecular weight excluding hydrogens is 360 g/mol. The first-order valence-corrected chi connectivity index (χ1v) is 7.70. The van der Waals surface area contributed by atoms with E-state index in [2.05, 4.69) is 15.5 Å². The third kappa shape index (κ3) is 3.93. The fraction of sp³-hybridized carbons (Fsp3) is 0. The number of carbonyl (C=O) groups is 1. The van der Waals surface area contributed by atoms with E-state index < -0.39 is 10.8 Å². The lowest BCUT2D eigenvalue weighted by Gasteiger charge is -2.00. The summed E-state index contributed by atoms with van der Waals surface area (Å²) in [5.41, 5.74) is 3.07. The van der Waals surface area contributed by atoms with Crippen LogP contribution in [0.5, 0.6) is 0 Å². The Labute approximate surface area is 152 Å². The van der Waals surface area contributed by atoms with Gasteiger partial charge in [-0.2, -0.15) is 5.10 Å². The molecule has 0 aliphatic rings. The number of aromatic nitrogens is 1. The van der Waals surface area contributed by atoms with Crippen LogP contribution in [0.25, 0.3) is 11.3 Å². The third-order valence-electron chi connectivity index (χ3n) is 3.35. The molecule has 0 fully saturated rings.